The van der Waals surface area contributed by atoms with Crippen molar-refractivity contribution in [3.8, 4) is 0 Å². The molecular formula is C53H76BrClF9N5O4. The zero-order chi connectivity index (χ0) is 50.7. The Hall–Kier alpha value is -4.10. The fourth-order valence-corrected chi connectivity index (χ4v) is 10.6. The van der Waals surface area contributed by atoms with Crippen molar-refractivity contribution >= 4 is 51.9 Å². The number of carbonyl (C=O) groups is 2. The number of halogens is 11. The van der Waals surface area contributed by atoms with Gasteiger partial charge in [-0.1, -0.05) is 81.0 Å². The number of benzene rings is 3. The van der Waals surface area contributed by atoms with Crippen LogP contribution in [0.3, 0.4) is 0 Å². The van der Waals surface area contributed by atoms with E-state index in [9.17, 15) is 49.1 Å². The van der Waals surface area contributed by atoms with Crippen molar-refractivity contribution in [1.29, 1.82) is 0 Å². The van der Waals surface area contributed by atoms with Crippen LogP contribution in [0.5, 0.6) is 0 Å². The minimum absolute atomic E-state index is 0. The summed E-state index contributed by atoms with van der Waals surface area (Å²) in [5.74, 6) is 2.83. The molecule has 3 aromatic carbocycles. The smallest absolute Gasteiger partial charge is 0.418 e. The van der Waals surface area contributed by atoms with E-state index in [0.717, 1.165) is 63.2 Å². The summed E-state index contributed by atoms with van der Waals surface area (Å²) in [5, 5.41) is 3.29. The van der Waals surface area contributed by atoms with E-state index in [4.69, 9.17) is 9.47 Å². The van der Waals surface area contributed by atoms with E-state index in [0.29, 0.717) is 43.7 Å². The number of alkyl halides is 9. The largest absolute Gasteiger partial charge is 0.444 e. The van der Waals surface area contributed by atoms with Crippen molar-refractivity contribution in [2.45, 2.75) is 113 Å². The Kier molecular flexibility index (Phi) is 23.2. The Balaban J connectivity index is 0.000000340. The van der Waals surface area contributed by atoms with Crippen molar-refractivity contribution in [1.82, 2.24) is 15.1 Å². The fourth-order valence-electron chi connectivity index (χ4n) is 10.1. The van der Waals surface area contributed by atoms with Crippen molar-refractivity contribution in [3.63, 3.8) is 0 Å². The van der Waals surface area contributed by atoms with Crippen molar-refractivity contribution in [3.05, 3.63) is 94.0 Å². The summed E-state index contributed by atoms with van der Waals surface area (Å²) < 4.78 is 125. The Morgan fingerprint density at radius 2 is 0.808 bits per heavy atom. The summed E-state index contributed by atoms with van der Waals surface area (Å²) in [6.45, 7) is 18.5. The molecule has 5 aliphatic heterocycles. The molecule has 0 unspecified atom stereocenters. The maximum atomic E-state index is 13.2. The van der Waals surface area contributed by atoms with Gasteiger partial charge in [-0.3, -0.25) is 0 Å². The van der Waals surface area contributed by atoms with Crippen LogP contribution in [0.15, 0.2) is 77.3 Å². The molecule has 9 rings (SSSR count). The third-order valence-corrected chi connectivity index (χ3v) is 13.9. The van der Waals surface area contributed by atoms with Gasteiger partial charge in [-0.2, -0.15) is 39.5 Å². The zero-order valence-electron chi connectivity index (χ0n) is 40.2. The molecule has 9 nitrogen and oxygen atoms in total. The van der Waals surface area contributed by atoms with Gasteiger partial charge in [-0.15, -0.1) is 12.4 Å². The van der Waals surface area contributed by atoms with Gasteiger partial charge in [-0.05, 0) is 114 Å². The highest BCUT2D eigenvalue weighted by molar-refractivity contribution is 9.10. The van der Waals surface area contributed by atoms with Gasteiger partial charge in [0.1, 0.15) is 11.2 Å². The molecule has 1 N–H and O–H groups in total. The molecule has 2 amide bonds. The SMILES string of the molecule is C.C.C.CC(C)(C)OC(=O)N1C[C@@H]2CN(c3ccccc3C(F)(F)F)C[C@@H]2C1.CC(C)(C)OC(=O)N1C[C@H]2CCC[C@H]2C1.Cl.FC(F)(F)c1ccccc1Br.FC(F)(F)c1ccccc1N1C[C@H]2CNC[C@H]2C1. The molecule has 6 fully saturated rings. The number of anilines is 2. The van der Waals surface area contributed by atoms with E-state index < -0.39 is 40.8 Å². The third kappa shape index (κ3) is 17.7. The zero-order valence-corrected chi connectivity index (χ0v) is 42.6. The lowest BCUT2D eigenvalue weighted by atomic mass is 10.0. The molecule has 5 heterocycles. The van der Waals surface area contributed by atoms with E-state index in [-0.39, 0.29) is 74.5 Å². The Bertz CT molecular complexity index is 2180. The summed E-state index contributed by atoms with van der Waals surface area (Å²) in [6, 6.07) is 16.9. The number of nitrogens with one attached hydrogen (secondary N) is 1. The van der Waals surface area contributed by atoms with Crippen LogP contribution < -0.4 is 15.1 Å². The third-order valence-electron chi connectivity index (χ3n) is 13.2. The summed E-state index contributed by atoms with van der Waals surface area (Å²) in [6.07, 6.45) is -9.43. The average Bonchev–Trinajstić information content (AvgIpc) is 4.08. The number of hydrogen-bond acceptors (Lipinski definition) is 7. The molecule has 73 heavy (non-hydrogen) atoms. The molecular weight excluding hydrogens is 1060 g/mol. The fraction of sp³-hybridized carbons (Fsp3) is 0.623. The molecule has 414 valence electrons. The number of likely N-dealkylation sites (tertiary alicyclic amines) is 2. The first kappa shape index (κ1) is 65.0. The highest BCUT2D eigenvalue weighted by atomic mass is 79.9. The number of para-hydroxylation sites is 2. The number of ether oxygens (including phenoxy) is 2. The Morgan fingerprint density at radius 3 is 1.14 bits per heavy atom. The topological polar surface area (TPSA) is 77.6 Å². The van der Waals surface area contributed by atoms with E-state index in [1.807, 2.05) is 51.3 Å². The van der Waals surface area contributed by atoms with Crippen LogP contribution in [0.1, 0.15) is 99.8 Å². The lowest BCUT2D eigenvalue weighted by molar-refractivity contribution is -0.138. The van der Waals surface area contributed by atoms with Gasteiger partial charge < -0.3 is 34.4 Å². The van der Waals surface area contributed by atoms with Gasteiger partial charge in [-0.25, -0.2) is 9.59 Å². The minimum atomic E-state index is -4.36. The normalized spacial score (nSPS) is 23.0. The standard InChI is InChI=1S/C18H23F3N2O2.C13H15F3N2.C12H21NO2.C7H4BrF3.3CH4.ClH/c1-17(2,3)25-16(24)23-10-12-8-22(9-13(12)11-23)15-7-5-4-6-14(15)18(19,20)21;14-13(15,16)11-3-1-2-4-12(11)18-7-9-5-17-6-10(9)8-18;1-12(2,3)15-11(14)13-7-9-5-4-6-10(9)8-13;8-6-4-2-1-3-5(6)7(9,10)11;;;;/h4-7,12-13H,8-11H2,1-3H3;1-4,9-10,17H,5-8H2;9-10H,4-8H2,1-3H3;1-4H;3*1H4;1H/t12-,13+;2*9-,10+;;;;;. The lowest BCUT2D eigenvalue weighted by Crippen LogP contribution is -2.37. The van der Waals surface area contributed by atoms with Crippen LogP contribution in [0.2, 0.25) is 0 Å². The Labute approximate surface area is 441 Å². The van der Waals surface area contributed by atoms with Crippen LogP contribution in [-0.2, 0) is 28.0 Å². The number of fused-ring (bicyclic) bond motifs is 3. The molecule has 3 aromatic rings. The number of hydrogen-bond donors (Lipinski definition) is 1. The van der Waals surface area contributed by atoms with Gasteiger partial charge in [0.05, 0.1) is 16.7 Å². The first-order chi connectivity index (χ1) is 32.1. The molecule has 0 bridgehead atoms. The summed E-state index contributed by atoms with van der Waals surface area (Å²) in [7, 11) is 0. The first-order valence-electron chi connectivity index (χ1n) is 23.4. The maximum Gasteiger partial charge on any atom is 0.418 e. The molecule has 1 aliphatic carbocycles. The summed E-state index contributed by atoms with van der Waals surface area (Å²) >= 11 is 2.81. The predicted molar refractivity (Wildman–Crippen MR) is 277 cm³/mol. The van der Waals surface area contributed by atoms with E-state index in [1.165, 1.54) is 55.7 Å². The van der Waals surface area contributed by atoms with E-state index >= 15 is 0 Å². The van der Waals surface area contributed by atoms with Gasteiger partial charge >= 0.3 is 30.7 Å². The molecule has 1 saturated carbocycles. The molecule has 5 saturated heterocycles. The highest BCUT2D eigenvalue weighted by Crippen LogP contribution is 2.43. The molecule has 0 aromatic heterocycles. The van der Waals surface area contributed by atoms with Gasteiger partial charge in [0.15, 0.2) is 0 Å². The van der Waals surface area contributed by atoms with Gasteiger partial charge in [0, 0.05) is 93.1 Å². The van der Waals surface area contributed by atoms with Crippen molar-refractivity contribution < 1.29 is 58.6 Å². The predicted octanol–water partition coefficient (Wildman–Crippen LogP) is 14.8. The number of rotatable bonds is 2. The van der Waals surface area contributed by atoms with Crippen molar-refractivity contribution in [2.24, 2.45) is 35.5 Å². The number of carbonyl (C=O) groups excluding carboxylic acids is 2. The van der Waals surface area contributed by atoms with E-state index in [1.54, 1.807) is 34.1 Å². The van der Waals surface area contributed by atoms with E-state index in [2.05, 4.69) is 21.2 Å². The van der Waals surface area contributed by atoms with Gasteiger partial charge in [0.25, 0.3) is 0 Å². The molecule has 20 heteroatoms. The Morgan fingerprint density at radius 1 is 0.493 bits per heavy atom. The van der Waals surface area contributed by atoms with Crippen molar-refractivity contribution in [2.75, 3.05) is 75.2 Å². The van der Waals surface area contributed by atoms with Crippen LogP contribution in [0, 0.1) is 35.5 Å². The maximum absolute atomic E-state index is 13.2. The van der Waals surface area contributed by atoms with Gasteiger partial charge in [0.2, 0.25) is 0 Å². The van der Waals surface area contributed by atoms with Crippen LogP contribution in [-0.4, -0.2) is 98.6 Å². The second kappa shape index (κ2) is 26.1. The second-order valence-corrected chi connectivity index (χ2v) is 21.6. The van der Waals surface area contributed by atoms with Crippen LogP contribution in [0.4, 0.5) is 60.5 Å². The minimum Gasteiger partial charge on any atom is -0.444 e. The number of amides is 2. The monoisotopic (exact) mass is 1130 g/mol. The second-order valence-electron chi connectivity index (χ2n) is 20.7. The number of nitrogens with zero attached hydrogens (tertiary/aromatic N) is 4. The quantitative estimate of drug-likeness (QED) is 0.256. The molecule has 0 radical (unpaired) electrons. The summed E-state index contributed by atoms with van der Waals surface area (Å²) in [5.41, 5.74) is -2.11. The lowest BCUT2D eigenvalue weighted by Gasteiger charge is -2.27. The molecule has 6 atom stereocenters. The molecule has 6 aliphatic rings. The average molecular weight is 1130 g/mol. The highest BCUT2D eigenvalue weighted by Gasteiger charge is 2.46. The summed E-state index contributed by atoms with van der Waals surface area (Å²) in [4.78, 5) is 31.2. The first-order valence-corrected chi connectivity index (χ1v) is 24.2. The molecule has 0 spiro atoms. The van der Waals surface area contributed by atoms with Crippen LogP contribution >= 0.6 is 28.3 Å². The van der Waals surface area contributed by atoms with Crippen LogP contribution in [0.25, 0.3) is 0 Å².